The molecule has 1 fully saturated rings. The lowest BCUT2D eigenvalue weighted by atomic mass is 9.66. The van der Waals surface area contributed by atoms with E-state index in [1.54, 1.807) is 23.9 Å². The van der Waals surface area contributed by atoms with E-state index >= 15 is 0 Å². The Labute approximate surface area is 122 Å². The van der Waals surface area contributed by atoms with Crippen LogP contribution in [0.1, 0.15) is 42.0 Å². The summed E-state index contributed by atoms with van der Waals surface area (Å²) in [5.41, 5.74) is -0.268. The van der Waals surface area contributed by atoms with Crippen LogP contribution < -0.4 is 5.32 Å². The molecule has 5 nitrogen and oxygen atoms in total. The molecule has 1 amide bonds. The minimum Gasteiger partial charge on any atom is -0.481 e. The normalized spacial score (nSPS) is 16.4. The molecule has 1 heterocycles. The van der Waals surface area contributed by atoms with Gasteiger partial charge in [-0.05, 0) is 36.6 Å². The van der Waals surface area contributed by atoms with Gasteiger partial charge in [0.05, 0.1) is 12.2 Å². The van der Waals surface area contributed by atoms with Crippen LogP contribution in [0.15, 0.2) is 16.5 Å². The summed E-state index contributed by atoms with van der Waals surface area (Å²) < 4.78 is 5.43. The molecule has 0 aliphatic heterocycles. The first-order valence-electron chi connectivity index (χ1n) is 6.62. The molecule has 2 N–H and O–H groups in total. The van der Waals surface area contributed by atoms with E-state index < -0.39 is 5.97 Å². The lowest BCUT2D eigenvalue weighted by Gasteiger charge is -2.40. The van der Waals surface area contributed by atoms with E-state index in [0.717, 1.165) is 30.8 Å². The molecular formula is C14H19NO4S. The zero-order valence-corrected chi connectivity index (χ0v) is 12.3. The second-order valence-corrected chi connectivity index (χ2v) is 6.17. The number of thioether (sulfide) groups is 1. The van der Waals surface area contributed by atoms with Gasteiger partial charge in [0, 0.05) is 6.54 Å². The predicted octanol–water partition coefficient (Wildman–Crippen LogP) is 2.52. The number of hydrogen-bond acceptors (Lipinski definition) is 4. The largest absolute Gasteiger partial charge is 0.481 e. The Morgan fingerprint density at radius 2 is 2.20 bits per heavy atom. The fourth-order valence-corrected chi connectivity index (χ4v) is 2.93. The summed E-state index contributed by atoms with van der Waals surface area (Å²) in [7, 11) is 0. The van der Waals surface area contributed by atoms with Crippen LogP contribution in [-0.2, 0) is 10.5 Å². The van der Waals surface area contributed by atoms with Crippen molar-refractivity contribution >= 4 is 23.6 Å². The van der Waals surface area contributed by atoms with Gasteiger partial charge in [0.2, 0.25) is 0 Å². The van der Waals surface area contributed by atoms with E-state index in [0.29, 0.717) is 12.3 Å². The number of hydrogen-bond donors (Lipinski definition) is 2. The van der Waals surface area contributed by atoms with E-state index in [9.17, 15) is 9.59 Å². The maximum absolute atomic E-state index is 12.0. The molecule has 20 heavy (non-hydrogen) atoms. The van der Waals surface area contributed by atoms with Crippen LogP contribution in [-0.4, -0.2) is 29.8 Å². The predicted molar refractivity (Wildman–Crippen MR) is 76.8 cm³/mol. The van der Waals surface area contributed by atoms with Gasteiger partial charge in [0.1, 0.15) is 5.76 Å². The highest BCUT2D eigenvalue weighted by molar-refractivity contribution is 7.97. The van der Waals surface area contributed by atoms with Gasteiger partial charge < -0.3 is 14.8 Å². The molecule has 0 bridgehead atoms. The number of amides is 1. The number of nitrogens with one attached hydrogen (secondary N) is 1. The molecule has 6 heteroatoms. The molecule has 1 aromatic heterocycles. The molecule has 0 spiro atoms. The number of carbonyl (C=O) groups is 2. The Hall–Kier alpha value is -1.43. The average molecular weight is 297 g/mol. The van der Waals surface area contributed by atoms with Gasteiger partial charge in [-0.3, -0.25) is 9.59 Å². The van der Waals surface area contributed by atoms with Crippen LogP contribution in [0.5, 0.6) is 0 Å². The molecule has 1 aliphatic rings. The SMILES string of the molecule is CSCc1ccc(C(=O)NCC2(CC(=O)O)CCC2)o1. The van der Waals surface area contributed by atoms with Crippen molar-refractivity contribution in [2.45, 2.75) is 31.4 Å². The Morgan fingerprint density at radius 1 is 1.45 bits per heavy atom. The van der Waals surface area contributed by atoms with Gasteiger partial charge in [-0.2, -0.15) is 11.8 Å². The fraction of sp³-hybridized carbons (Fsp3) is 0.571. The van der Waals surface area contributed by atoms with E-state index in [2.05, 4.69) is 5.32 Å². The molecule has 1 aliphatic carbocycles. The molecule has 0 unspecified atom stereocenters. The van der Waals surface area contributed by atoms with Gasteiger partial charge in [0.15, 0.2) is 5.76 Å². The number of rotatable bonds is 7. The van der Waals surface area contributed by atoms with Gasteiger partial charge >= 0.3 is 5.97 Å². The van der Waals surface area contributed by atoms with Crippen LogP contribution in [0.25, 0.3) is 0 Å². The third-order valence-corrected chi connectivity index (χ3v) is 4.31. The van der Waals surface area contributed by atoms with E-state index in [1.165, 1.54) is 0 Å². The fourth-order valence-electron chi connectivity index (χ4n) is 2.49. The third-order valence-electron chi connectivity index (χ3n) is 3.74. The first-order valence-corrected chi connectivity index (χ1v) is 8.02. The number of furan rings is 1. The zero-order valence-electron chi connectivity index (χ0n) is 11.5. The number of aliphatic carboxylic acids is 1. The highest BCUT2D eigenvalue weighted by Crippen LogP contribution is 2.43. The van der Waals surface area contributed by atoms with Crippen LogP contribution in [0, 0.1) is 5.41 Å². The maximum atomic E-state index is 12.0. The van der Waals surface area contributed by atoms with Crippen molar-refractivity contribution in [1.82, 2.24) is 5.32 Å². The van der Waals surface area contributed by atoms with Crippen LogP contribution in [0.3, 0.4) is 0 Å². The van der Waals surface area contributed by atoms with Crippen molar-refractivity contribution in [1.29, 1.82) is 0 Å². The van der Waals surface area contributed by atoms with Crippen LogP contribution >= 0.6 is 11.8 Å². The molecule has 1 aromatic rings. The molecular weight excluding hydrogens is 278 g/mol. The average Bonchev–Trinajstić information content (AvgIpc) is 2.81. The van der Waals surface area contributed by atoms with E-state index in [4.69, 9.17) is 9.52 Å². The van der Waals surface area contributed by atoms with E-state index in [1.807, 2.05) is 6.26 Å². The molecule has 0 atom stereocenters. The highest BCUT2D eigenvalue weighted by Gasteiger charge is 2.39. The second kappa shape index (κ2) is 6.35. The number of carboxylic acid groups (broad SMARTS) is 1. The Balaban J connectivity index is 1.89. The van der Waals surface area contributed by atoms with Crippen molar-refractivity contribution < 1.29 is 19.1 Å². The molecule has 0 saturated heterocycles. The summed E-state index contributed by atoms with van der Waals surface area (Å²) >= 11 is 1.63. The first kappa shape index (κ1) is 15.0. The van der Waals surface area contributed by atoms with Gasteiger partial charge in [-0.15, -0.1) is 0 Å². The van der Waals surface area contributed by atoms with Crippen LogP contribution in [0.2, 0.25) is 0 Å². The Morgan fingerprint density at radius 3 is 2.75 bits per heavy atom. The number of carbonyl (C=O) groups excluding carboxylic acids is 1. The summed E-state index contributed by atoms with van der Waals surface area (Å²) in [6.45, 7) is 0.399. The standard InChI is InChI=1S/C14H19NO4S/c1-20-8-10-3-4-11(19-10)13(18)15-9-14(5-2-6-14)7-12(16)17/h3-4H,2,5-9H2,1H3,(H,15,18)(H,16,17). The van der Waals surface area contributed by atoms with Crippen molar-refractivity contribution in [2.24, 2.45) is 5.41 Å². The monoisotopic (exact) mass is 297 g/mol. The summed E-state index contributed by atoms with van der Waals surface area (Å²) in [6.07, 6.45) is 4.82. The van der Waals surface area contributed by atoms with Crippen molar-refractivity contribution in [2.75, 3.05) is 12.8 Å². The van der Waals surface area contributed by atoms with Crippen molar-refractivity contribution in [3.63, 3.8) is 0 Å². The molecule has 110 valence electrons. The Bertz CT molecular complexity index is 493. The number of carboxylic acids is 1. The minimum absolute atomic E-state index is 0.114. The summed E-state index contributed by atoms with van der Waals surface area (Å²) in [5, 5.41) is 11.7. The second-order valence-electron chi connectivity index (χ2n) is 5.31. The summed E-state index contributed by atoms with van der Waals surface area (Å²) in [4.78, 5) is 22.8. The molecule has 0 radical (unpaired) electrons. The minimum atomic E-state index is -0.806. The van der Waals surface area contributed by atoms with Crippen molar-refractivity contribution in [3.05, 3.63) is 23.7 Å². The van der Waals surface area contributed by atoms with E-state index in [-0.39, 0.29) is 17.7 Å². The van der Waals surface area contributed by atoms with Crippen LogP contribution in [0.4, 0.5) is 0 Å². The summed E-state index contributed by atoms with van der Waals surface area (Å²) in [5.74, 6) is 0.717. The summed E-state index contributed by atoms with van der Waals surface area (Å²) in [6, 6.07) is 3.45. The maximum Gasteiger partial charge on any atom is 0.303 e. The van der Waals surface area contributed by atoms with Crippen molar-refractivity contribution in [3.8, 4) is 0 Å². The smallest absolute Gasteiger partial charge is 0.303 e. The highest BCUT2D eigenvalue weighted by atomic mass is 32.2. The topological polar surface area (TPSA) is 79.5 Å². The quantitative estimate of drug-likeness (QED) is 0.808. The van der Waals surface area contributed by atoms with Gasteiger partial charge in [0.25, 0.3) is 5.91 Å². The Kier molecular flexibility index (Phi) is 4.75. The molecule has 0 aromatic carbocycles. The molecule has 1 saturated carbocycles. The zero-order chi connectivity index (χ0) is 14.6. The molecule has 2 rings (SSSR count). The lowest BCUT2D eigenvalue weighted by molar-refractivity contribution is -0.141. The third kappa shape index (κ3) is 3.56. The van der Waals surface area contributed by atoms with Gasteiger partial charge in [-0.25, -0.2) is 0 Å². The van der Waals surface area contributed by atoms with Gasteiger partial charge in [-0.1, -0.05) is 6.42 Å². The lowest BCUT2D eigenvalue weighted by Crippen LogP contribution is -2.43. The first-order chi connectivity index (χ1) is 9.54.